The molecule has 0 saturated heterocycles. The van der Waals surface area contributed by atoms with Crippen LogP contribution >= 0.6 is 23.1 Å². The molecular weight excluding hydrogens is 376 g/mol. The SMILES string of the molecule is COc1ccc(CNc2nnc(SCC(=O)NCCCC(=O)O)s2)cc1. The van der Waals surface area contributed by atoms with Gasteiger partial charge in [0.2, 0.25) is 11.0 Å². The van der Waals surface area contributed by atoms with Crippen LogP contribution in [0.15, 0.2) is 28.6 Å². The van der Waals surface area contributed by atoms with E-state index in [2.05, 4.69) is 20.8 Å². The van der Waals surface area contributed by atoms with Gasteiger partial charge in [-0.3, -0.25) is 9.59 Å². The van der Waals surface area contributed by atoms with Crippen molar-refractivity contribution in [2.75, 3.05) is 24.7 Å². The molecule has 1 amide bonds. The van der Waals surface area contributed by atoms with Crippen molar-refractivity contribution in [2.24, 2.45) is 0 Å². The van der Waals surface area contributed by atoms with Crippen LogP contribution in [-0.4, -0.2) is 46.6 Å². The number of amides is 1. The van der Waals surface area contributed by atoms with Crippen molar-refractivity contribution in [1.82, 2.24) is 15.5 Å². The van der Waals surface area contributed by atoms with E-state index in [0.29, 0.717) is 29.0 Å². The maximum Gasteiger partial charge on any atom is 0.303 e. The number of nitrogens with one attached hydrogen (secondary N) is 2. The zero-order valence-electron chi connectivity index (χ0n) is 14.2. The monoisotopic (exact) mass is 396 g/mol. The average Bonchev–Trinajstić information content (AvgIpc) is 3.10. The highest BCUT2D eigenvalue weighted by atomic mass is 32.2. The summed E-state index contributed by atoms with van der Waals surface area (Å²) in [5.74, 6) is 0.0188. The Balaban J connectivity index is 1.68. The number of anilines is 1. The molecule has 2 aromatic rings. The summed E-state index contributed by atoms with van der Waals surface area (Å²) in [6.07, 6.45) is 0.469. The van der Waals surface area contributed by atoms with Crippen LogP contribution in [0, 0.1) is 0 Å². The molecule has 2 rings (SSSR count). The number of carbonyl (C=O) groups is 2. The fourth-order valence-electron chi connectivity index (χ4n) is 1.91. The van der Waals surface area contributed by atoms with Crippen LogP contribution in [0.5, 0.6) is 5.75 Å². The summed E-state index contributed by atoms with van der Waals surface area (Å²) in [7, 11) is 1.63. The van der Waals surface area contributed by atoms with Gasteiger partial charge in [-0.2, -0.15) is 0 Å². The van der Waals surface area contributed by atoms with Gasteiger partial charge in [-0.25, -0.2) is 0 Å². The summed E-state index contributed by atoms with van der Waals surface area (Å²) in [6, 6.07) is 7.73. The standard InChI is InChI=1S/C16H20N4O4S2/c1-24-12-6-4-11(5-7-12)9-18-15-19-20-16(26-15)25-10-13(21)17-8-2-3-14(22)23/h4-7H,2-3,8-10H2,1H3,(H,17,21)(H,18,19)(H,22,23). The van der Waals surface area contributed by atoms with E-state index in [4.69, 9.17) is 9.84 Å². The van der Waals surface area contributed by atoms with Crippen LogP contribution in [0.2, 0.25) is 0 Å². The second-order valence-electron chi connectivity index (χ2n) is 5.21. The highest BCUT2D eigenvalue weighted by molar-refractivity contribution is 8.01. The second-order valence-corrected chi connectivity index (χ2v) is 7.41. The first-order valence-electron chi connectivity index (χ1n) is 7.88. The smallest absolute Gasteiger partial charge is 0.303 e. The number of hydrogen-bond acceptors (Lipinski definition) is 8. The molecule has 0 saturated carbocycles. The Labute approximate surface area is 159 Å². The van der Waals surface area contributed by atoms with Gasteiger partial charge < -0.3 is 20.5 Å². The molecular formula is C16H20N4O4S2. The van der Waals surface area contributed by atoms with Crippen LogP contribution in [0.1, 0.15) is 18.4 Å². The van der Waals surface area contributed by atoms with Crippen molar-refractivity contribution in [1.29, 1.82) is 0 Å². The molecule has 0 bridgehead atoms. The third-order valence-electron chi connectivity index (χ3n) is 3.23. The number of carbonyl (C=O) groups excluding carboxylic acids is 1. The van der Waals surface area contributed by atoms with Gasteiger partial charge in [0.1, 0.15) is 5.75 Å². The molecule has 1 aromatic carbocycles. The normalized spacial score (nSPS) is 10.3. The predicted molar refractivity (Wildman–Crippen MR) is 101 cm³/mol. The lowest BCUT2D eigenvalue weighted by atomic mass is 10.2. The Kier molecular flexibility index (Phi) is 8.16. The zero-order chi connectivity index (χ0) is 18.8. The lowest BCUT2D eigenvalue weighted by Crippen LogP contribution is -2.26. The summed E-state index contributed by atoms with van der Waals surface area (Å²) in [4.78, 5) is 22.1. The van der Waals surface area contributed by atoms with Crippen LogP contribution in [0.3, 0.4) is 0 Å². The van der Waals surface area contributed by atoms with E-state index in [1.54, 1.807) is 7.11 Å². The van der Waals surface area contributed by atoms with E-state index in [0.717, 1.165) is 11.3 Å². The molecule has 3 N–H and O–H groups in total. The second kappa shape index (κ2) is 10.6. The Morgan fingerprint density at radius 3 is 2.73 bits per heavy atom. The van der Waals surface area contributed by atoms with Crippen LogP contribution < -0.4 is 15.4 Å². The molecule has 0 atom stereocenters. The number of nitrogens with zero attached hydrogens (tertiary/aromatic N) is 2. The fraction of sp³-hybridized carbons (Fsp3) is 0.375. The molecule has 10 heteroatoms. The number of carboxylic acid groups (broad SMARTS) is 1. The van der Waals surface area contributed by atoms with E-state index >= 15 is 0 Å². The topological polar surface area (TPSA) is 113 Å². The summed E-state index contributed by atoms with van der Waals surface area (Å²) in [5.41, 5.74) is 1.09. The number of aliphatic carboxylic acids is 1. The van der Waals surface area contributed by atoms with Crippen molar-refractivity contribution >= 4 is 40.1 Å². The van der Waals surface area contributed by atoms with Crippen molar-refractivity contribution < 1.29 is 19.4 Å². The summed E-state index contributed by atoms with van der Waals surface area (Å²) < 4.78 is 5.82. The molecule has 0 unspecified atom stereocenters. The molecule has 1 heterocycles. The van der Waals surface area contributed by atoms with E-state index in [1.807, 2.05) is 24.3 Å². The molecule has 0 radical (unpaired) electrons. The summed E-state index contributed by atoms with van der Waals surface area (Å²) >= 11 is 2.68. The van der Waals surface area contributed by atoms with Crippen LogP contribution in [0.25, 0.3) is 0 Å². The molecule has 26 heavy (non-hydrogen) atoms. The van der Waals surface area contributed by atoms with E-state index < -0.39 is 5.97 Å². The minimum Gasteiger partial charge on any atom is -0.497 e. The minimum absolute atomic E-state index is 0.0487. The Morgan fingerprint density at radius 2 is 2.04 bits per heavy atom. The van der Waals surface area contributed by atoms with Crippen molar-refractivity contribution in [3.05, 3.63) is 29.8 Å². The molecule has 0 spiro atoms. The quantitative estimate of drug-likeness (QED) is 0.391. The van der Waals surface area contributed by atoms with Crippen LogP contribution in [0.4, 0.5) is 5.13 Å². The van der Waals surface area contributed by atoms with E-state index in [-0.39, 0.29) is 18.1 Å². The Bertz CT molecular complexity index is 721. The van der Waals surface area contributed by atoms with Gasteiger partial charge in [0.15, 0.2) is 4.34 Å². The summed E-state index contributed by atoms with van der Waals surface area (Å²) in [5, 5.41) is 23.2. The number of rotatable bonds is 11. The van der Waals surface area contributed by atoms with Gasteiger partial charge in [-0.15, -0.1) is 10.2 Å². The van der Waals surface area contributed by atoms with Gasteiger partial charge in [-0.05, 0) is 24.1 Å². The lowest BCUT2D eigenvalue weighted by molar-refractivity contribution is -0.137. The van der Waals surface area contributed by atoms with Gasteiger partial charge in [0.05, 0.1) is 12.9 Å². The molecule has 0 aliphatic heterocycles. The first-order chi connectivity index (χ1) is 12.6. The average molecular weight is 396 g/mol. The van der Waals surface area contributed by atoms with Crippen molar-refractivity contribution in [2.45, 2.75) is 23.7 Å². The number of hydrogen-bond donors (Lipinski definition) is 3. The number of carboxylic acids is 1. The number of thioether (sulfide) groups is 1. The maximum absolute atomic E-state index is 11.7. The van der Waals surface area contributed by atoms with E-state index in [1.165, 1.54) is 23.1 Å². The third-order valence-corrected chi connectivity index (χ3v) is 5.24. The maximum atomic E-state index is 11.7. The van der Waals surface area contributed by atoms with Crippen LogP contribution in [-0.2, 0) is 16.1 Å². The minimum atomic E-state index is -0.864. The van der Waals surface area contributed by atoms with Gasteiger partial charge in [0.25, 0.3) is 0 Å². The Morgan fingerprint density at radius 1 is 1.27 bits per heavy atom. The van der Waals surface area contributed by atoms with E-state index in [9.17, 15) is 9.59 Å². The zero-order valence-corrected chi connectivity index (χ0v) is 15.9. The largest absolute Gasteiger partial charge is 0.497 e. The van der Waals surface area contributed by atoms with Gasteiger partial charge in [-0.1, -0.05) is 35.2 Å². The highest BCUT2D eigenvalue weighted by Gasteiger charge is 2.08. The molecule has 0 aliphatic rings. The fourth-order valence-corrected chi connectivity index (χ4v) is 3.48. The molecule has 1 aromatic heterocycles. The van der Waals surface area contributed by atoms with Gasteiger partial charge in [0, 0.05) is 19.5 Å². The summed E-state index contributed by atoms with van der Waals surface area (Å²) in [6.45, 7) is 0.976. The number of methoxy groups -OCH3 is 1. The molecule has 140 valence electrons. The third kappa shape index (κ3) is 7.28. The predicted octanol–water partition coefficient (Wildman–Crippen LogP) is 2.23. The molecule has 0 fully saturated rings. The number of aromatic nitrogens is 2. The lowest BCUT2D eigenvalue weighted by Gasteiger charge is -2.04. The number of ether oxygens (including phenoxy) is 1. The molecule has 8 nitrogen and oxygen atoms in total. The first kappa shape index (κ1) is 20.0. The highest BCUT2D eigenvalue weighted by Crippen LogP contribution is 2.25. The van der Waals surface area contributed by atoms with Gasteiger partial charge >= 0.3 is 5.97 Å². The van der Waals surface area contributed by atoms with Crippen molar-refractivity contribution in [3.63, 3.8) is 0 Å². The van der Waals surface area contributed by atoms with Crippen molar-refractivity contribution in [3.8, 4) is 5.75 Å². The first-order valence-corrected chi connectivity index (χ1v) is 9.68. The Hall–Kier alpha value is -2.33. The number of benzene rings is 1. The molecule has 0 aliphatic carbocycles.